The van der Waals surface area contributed by atoms with E-state index in [1.165, 1.54) is 12.3 Å². The summed E-state index contributed by atoms with van der Waals surface area (Å²) in [6, 6.07) is 3.16. The zero-order valence-corrected chi connectivity index (χ0v) is 14.0. The maximum atomic E-state index is 11.0. The lowest BCUT2D eigenvalue weighted by Crippen LogP contribution is -2.40. The number of fused-ring (bicyclic) bond motifs is 1. The number of nitrogens with zero attached hydrogens (tertiary/aromatic N) is 3. The number of carbonyl (C=O) groups is 1. The Labute approximate surface area is 124 Å². The first-order chi connectivity index (χ1) is 9.62. The summed E-state index contributed by atoms with van der Waals surface area (Å²) in [6.07, 6.45) is 1.53. The van der Waals surface area contributed by atoms with Crippen molar-refractivity contribution in [3.63, 3.8) is 0 Å². The maximum absolute atomic E-state index is 11.0. The highest BCUT2D eigenvalue weighted by atomic mass is 28.4. The minimum absolute atomic E-state index is 0.111. The summed E-state index contributed by atoms with van der Waals surface area (Å²) in [4.78, 5) is 11.0. The van der Waals surface area contributed by atoms with Crippen LogP contribution in [-0.2, 0) is 11.0 Å². The third-order valence-corrected chi connectivity index (χ3v) is 8.57. The molecule has 0 radical (unpaired) electrons. The molecule has 2 aromatic heterocycles. The molecule has 7 heteroatoms. The van der Waals surface area contributed by atoms with Crippen LogP contribution in [0.4, 0.5) is 0 Å². The Kier molecular flexibility index (Phi) is 3.90. The fraction of sp³-hybridized carbons (Fsp3) is 0.500. The van der Waals surface area contributed by atoms with Gasteiger partial charge in [-0.25, -0.2) is 4.79 Å². The van der Waals surface area contributed by atoms with E-state index in [9.17, 15) is 4.79 Å². The second-order valence-electron chi connectivity index (χ2n) is 6.62. The summed E-state index contributed by atoms with van der Waals surface area (Å²) in [5, 5.41) is 17.3. The molecule has 0 aliphatic rings. The van der Waals surface area contributed by atoms with Crippen LogP contribution in [0.15, 0.2) is 18.3 Å². The lowest BCUT2D eigenvalue weighted by atomic mass is 10.2. The molecule has 6 nitrogen and oxygen atoms in total. The molecular weight excluding hydrogens is 286 g/mol. The van der Waals surface area contributed by atoms with Crippen molar-refractivity contribution in [2.24, 2.45) is 0 Å². The molecule has 0 aliphatic carbocycles. The van der Waals surface area contributed by atoms with Crippen LogP contribution in [0.5, 0.6) is 0 Å². The molecular formula is C14H21N3O3Si. The van der Waals surface area contributed by atoms with Crippen molar-refractivity contribution in [1.29, 1.82) is 0 Å². The van der Waals surface area contributed by atoms with Gasteiger partial charge in [0.1, 0.15) is 0 Å². The molecule has 0 amide bonds. The Hall–Kier alpha value is -1.73. The molecule has 2 heterocycles. The third-order valence-electron chi connectivity index (χ3n) is 4.09. The van der Waals surface area contributed by atoms with E-state index in [1.807, 2.05) is 0 Å². The van der Waals surface area contributed by atoms with Gasteiger partial charge in [0.15, 0.2) is 19.8 Å². The molecule has 2 aromatic rings. The fourth-order valence-corrected chi connectivity index (χ4v) is 2.55. The van der Waals surface area contributed by atoms with E-state index < -0.39 is 14.3 Å². The van der Waals surface area contributed by atoms with E-state index in [2.05, 4.69) is 44.1 Å². The molecule has 0 spiro atoms. The molecule has 0 bridgehead atoms. The molecule has 0 fully saturated rings. The molecule has 114 valence electrons. The zero-order chi connectivity index (χ0) is 15.8. The van der Waals surface area contributed by atoms with Gasteiger partial charge in [0, 0.05) is 6.20 Å². The summed E-state index contributed by atoms with van der Waals surface area (Å²) in [6.45, 7) is 11.2. The van der Waals surface area contributed by atoms with Crippen molar-refractivity contribution >= 4 is 19.9 Å². The quantitative estimate of drug-likeness (QED) is 0.879. The SMILES string of the molecule is CC(C)(C)[Si](C)(C)OCc1nnc2ccc(C(=O)O)cn12. The molecule has 2 rings (SSSR count). The highest BCUT2D eigenvalue weighted by Gasteiger charge is 2.37. The summed E-state index contributed by atoms with van der Waals surface area (Å²) >= 11 is 0. The van der Waals surface area contributed by atoms with Crippen LogP contribution in [0.1, 0.15) is 37.0 Å². The molecule has 1 N–H and O–H groups in total. The van der Waals surface area contributed by atoms with Gasteiger partial charge in [-0.15, -0.1) is 10.2 Å². The van der Waals surface area contributed by atoms with Gasteiger partial charge < -0.3 is 9.53 Å². The smallest absolute Gasteiger partial charge is 0.337 e. The molecule has 0 aromatic carbocycles. The summed E-state index contributed by atoms with van der Waals surface area (Å²) in [5.74, 6) is -0.347. The Morgan fingerprint density at radius 1 is 1.33 bits per heavy atom. The number of rotatable bonds is 4. The van der Waals surface area contributed by atoms with Crippen LogP contribution < -0.4 is 0 Å². The fourth-order valence-electron chi connectivity index (χ4n) is 1.62. The summed E-state index contributed by atoms with van der Waals surface area (Å²) in [7, 11) is -1.88. The Bertz CT molecular complexity index is 674. The molecule has 0 saturated heterocycles. The number of hydrogen-bond acceptors (Lipinski definition) is 4. The van der Waals surface area contributed by atoms with E-state index in [0.29, 0.717) is 18.1 Å². The first-order valence-corrected chi connectivity index (χ1v) is 9.73. The van der Waals surface area contributed by atoms with Crippen LogP contribution in [0.25, 0.3) is 5.65 Å². The topological polar surface area (TPSA) is 76.7 Å². The van der Waals surface area contributed by atoms with Gasteiger partial charge >= 0.3 is 5.97 Å². The third kappa shape index (κ3) is 3.13. The minimum Gasteiger partial charge on any atom is -0.478 e. The van der Waals surface area contributed by atoms with Crippen molar-refractivity contribution in [1.82, 2.24) is 14.6 Å². The van der Waals surface area contributed by atoms with Crippen molar-refractivity contribution in [3.8, 4) is 0 Å². The second-order valence-corrected chi connectivity index (χ2v) is 11.4. The normalized spacial score (nSPS) is 12.8. The Morgan fingerprint density at radius 2 is 2.00 bits per heavy atom. The van der Waals surface area contributed by atoms with Crippen molar-refractivity contribution < 1.29 is 14.3 Å². The van der Waals surface area contributed by atoms with Crippen LogP contribution >= 0.6 is 0 Å². The predicted octanol–water partition coefficient (Wildman–Crippen LogP) is 2.95. The average Bonchev–Trinajstić information content (AvgIpc) is 2.77. The summed E-state index contributed by atoms with van der Waals surface area (Å²) < 4.78 is 7.79. The van der Waals surface area contributed by atoms with E-state index in [0.717, 1.165) is 0 Å². The molecule has 0 unspecified atom stereocenters. The average molecular weight is 307 g/mol. The van der Waals surface area contributed by atoms with E-state index in [1.54, 1.807) is 10.5 Å². The van der Waals surface area contributed by atoms with Gasteiger partial charge in [-0.05, 0) is 30.3 Å². The molecule has 0 saturated carbocycles. The number of pyridine rings is 1. The number of carboxylic acids is 1. The second kappa shape index (κ2) is 5.23. The molecule has 21 heavy (non-hydrogen) atoms. The van der Waals surface area contributed by atoms with Crippen LogP contribution in [-0.4, -0.2) is 34.0 Å². The van der Waals surface area contributed by atoms with E-state index in [4.69, 9.17) is 9.53 Å². The van der Waals surface area contributed by atoms with Gasteiger partial charge in [0.05, 0.1) is 12.2 Å². The highest BCUT2D eigenvalue weighted by Crippen LogP contribution is 2.36. The van der Waals surface area contributed by atoms with Crippen molar-refractivity contribution in [3.05, 3.63) is 29.7 Å². The molecule has 0 aliphatic heterocycles. The lowest BCUT2D eigenvalue weighted by Gasteiger charge is -2.35. The van der Waals surface area contributed by atoms with Crippen LogP contribution in [0.2, 0.25) is 18.1 Å². The standard InChI is InChI=1S/C14H21N3O3Si/c1-14(2,3)21(4,5)20-9-12-16-15-11-7-6-10(13(18)19)8-17(11)12/h6-8H,9H2,1-5H3,(H,18,19). The number of carboxylic acid groups (broad SMARTS) is 1. The van der Waals surface area contributed by atoms with Gasteiger partial charge in [0.2, 0.25) is 0 Å². The van der Waals surface area contributed by atoms with Gasteiger partial charge in [0.25, 0.3) is 0 Å². The molecule has 0 atom stereocenters. The monoisotopic (exact) mass is 307 g/mol. The zero-order valence-electron chi connectivity index (χ0n) is 13.0. The van der Waals surface area contributed by atoms with E-state index >= 15 is 0 Å². The van der Waals surface area contributed by atoms with Crippen molar-refractivity contribution in [2.75, 3.05) is 0 Å². The maximum Gasteiger partial charge on any atom is 0.337 e. The van der Waals surface area contributed by atoms with Crippen LogP contribution in [0, 0.1) is 0 Å². The lowest BCUT2D eigenvalue weighted by molar-refractivity contribution is 0.0696. The van der Waals surface area contributed by atoms with Crippen molar-refractivity contribution in [2.45, 2.75) is 45.5 Å². The Morgan fingerprint density at radius 3 is 2.57 bits per heavy atom. The van der Waals surface area contributed by atoms with Gasteiger partial charge in [-0.1, -0.05) is 20.8 Å². The van der Waals surface area contributed by atoms with Crippen LogP contribution in [0.3, 0.4) is 0 Å². The first kappa shape index (κ1) is 15.7. The number of hydrogen-bond donors (Lipinski definition) is 1. The number of aromatic nitrogens is 3. The highest BCUT2D eigenvalue weighted by molar-refractivity contribution is 6.74. The van der Waals surface area contributed by atoms with Gasteiger partial charge in [-0.3, -0.25) is 4.40 Å². The summed E-state index contributed by atoms with van der Waals surface area (Å²) in [5.41, 5.74) is 0.824. The first-order valence-electron chi connectivity index (χ1n) is 6.83. The number of aromatic carboxylic acids is 1. The van der Waals surface area contributed by atoms with E-state index in [-0.39, 0.29) is 10.6 Å². The van der Waals surface area contributed by atoms with Gasteiger partial charge in [-0.2, -0.15) is 0 Å². The Balaban J connectivity index is 2.27. The largest absolute Gasteiger partial charge is 0.478 e. The predicted molar refractivity (Wildman–Crippen MR) is 81.9 cm³/mol. The minimum atomic E-state index is -1.88.